The van der Waals surface area contributed by atoms with Gasteiger partial charge >= 0.3 is 0 Å². The van der Waals surface area contributed by atoms with Crippen molar-refractivity contribution in [3.05, 3.63) is 51.4 Å². The van der Waals surface area contributed by atoms with E-state index < -0.39 is 6.10 Å². The first-order valence-corrected chi connectivity index (χ1v) is 5.35. The smallest absolute Gasteiger partial charge is 0.106 e. The Bertz CT molecular complexity index is 415. The fourth-order valence-electron chi connectivity index (χ4n) is 1.20. The number of hydrogen-bond donors (Lipinski definition) is 1. The average Bonchev–Trinajstić information content (AvgIpc) is 2.65. The first kappa shape index (κ1) is 9.65. The molecular formula is C10H8ClNOS. The predicted octanol–water partition coefficient (Wildman–Crippen LogP) is 2.88. The van der Waals surface area contributed by atoms with Crippen molar-refractivity contribution in [2.24, 2.45) is 0 Å². The van der Waals surface area contributed by atoms with Crippen molar-refractivity contribution < 1.29 is 5.11 Å². The summed E-state index contributed by atoms with van der Waals surface area (Å²) in [7, 11) is 0. The maximum Gasteiger partial charge on any atom is 0.106 e. The molecule has 0 radical (unpaired) electrons. The molecule has 1 unspecified atom stereocenters. The van der Waals surface area contributed by atoms with Crippen molar-refractivity contribution in [2.75, 3.05) is 0 Å². The van der Waals surface area contributed by atoms with Gasteiger partial charge in [0.2, 0.25) is 0 Å². The standard InChI is InChI=1S/C10H8ClNOS/c11-9-4-8(6-14-9)10(13)7-2-1-3-12-5-7/h1-6,10,13H. The number of nitrogens with zero attached hydrogens (tertiary/aromatic N) is 1. The molecule has 4 heteroatoms. The van der Waals surface area contributed by atoms with E-state index >= 15 is 0 Å². The van der Waals surface area contributed by atoms with E-state index in [9.17, 15) is 5.11 Å². The number of aliphatic hydroxyl groups is 1. The number of aromatic nitrogens is 1. The summed E-state index contributed by atoms with van der Waals surface area (Å²) < 4.78 is 0.683. The van der Waals surface area contributed by atoms with Gasteiger partial charge in [-0.15, -0.1) is 11.3 Å². The molecule has 0 saturated heterocycles. The van der Waals surface area contributed by atoms with Crippen LogP contribution in [0.25, 0.3) is 0 Å². The highest BCUT2D eigenvalue weighted by molar-refractivity contribution is 7.14. The summed E-state index contributed by atoms with van der Waals surface area (Å²) >= 11 is 7.20. The minimum absolute atomic E-state index is 0.632. The Balaban J connectivity index is 2.29. The van der Waals surface area contributed by atoms with Crippen LogP contribution in [-0.2, 0) is 0 Å². The Kier molecular flexibility index (Phi) is 2.82. The number of rotatable bonds is 2. The van der Waals surface area contributed by atoms with E-state index in [1.807, 2.05) is 11.4 Å². The topological polar surface area (TPSA) is 33.1 Å². The lowest BCUT2D eigenvalue weighted by molar-refractivity contribution is 0.220. The van der Waals surface area contributed by atoms with Crippen LogP contribution in [-0.4, -0.2) is 10.1 Å². The number of pyridine rings is 1. The third-order valence-corrected chi connectivity index (χ3v) is 3.01. The van der Waals surface area contributed by atoms with Crippen LogP contribution >= 0.6 is 22.9 Å². The van der Waals surface area contributed by atoms with Gasteiger partial charge in [0.25, 0.3) is 0 Å². The molecule has 0 aliphatic rings. The molecule has 1 N–H and O–H groups in total. The number of halogens is 1. The molecule has 0 aliphatic heterocycles. The normalized spacial score (nSPS) is 12.7. The molecule has 14 heavy (non-hydrogen) atoms. The van der Waals surface area contributed by atoms with Gasteiger partial charge in [-0.3, -0.25) is 4.98 Å². The zero-order valence-electron chi connectivity index (χ0n) is 7.22. The minimum Gasteiger partial charge on any atom is -0.384 e. The average molecular weight is 226 g/mol. The van der Waals surface area contributed by atoms with E-state index in [1.54, 1.807) is 24.5 Å². The Morgan fingerprint density at radius 1 is 1.43 bits per heavy atom. The van der Waals surface area contributed by atoms with Crippen LogP contribution in [0.2, 0.25) is 4.34 Å². The minimum atomic E-state index is -0.632. The quantitative estimate of drug-likeness (QED) is 0.853. The highest BCUT2D eigenvalue weighted by atomic mass is 35.5. The maximum absolute atomic E-state index is 9.91. The van der Waals surface area contributed by atoms with Gasteiger partial charge in [-0.05, 0) is 23.1 Å². The van der Waals surface area contributed by atoms with E-state index in [2.05, 4.69) is 4.98 Å². The van der Waals surface area contributed by atoms with E-state index in [0.29, 0.717) is 4.34 Å². The SMILES string of the molecule is OC(c1cccnc1)c1csc(Cl)c1. The van der Waals surface area contributed by atoms with Gasteiger partial charge in [-0.25, -0.2) is 0 Å². The number of thiophene rings is 1. The van der Waals surface area contributed by atoms with Gasteiger partial charge in [0.05, 0.1) is 4.34 Å². The van der Waals surface area contributed by atoms with E-state index in [4.69, 9.17) is 11.6 Å². The zero-order chi connectivity index (χ0) is 9.97. The Hall–Kier alpha value is -0.900. The van der Waals surface area contributed by atoms with Gasteiger partial charge in [0, 0.05) is 18.0 Å². The molecule has 0 fully saturated rings. The second-order valence-electron chi connectivity index (χ2n) is 2.87. The Morgan fingerprint density at radius 2 is 2.29 bits per heavy atom. The Labute approximate surface area is 90.8 Å². The lowest BCUT2D eigenvalue weighted by Gasteiger charge is -2.07. The molecular weight excluding hydrogens is 218 g/mol. The summed E-state index contributed by atoms with van der Waals surface area (Å²) in [6, 6.07) is 5.40. The number of hydrogen-bond acceptors (Lipinski definition) is 3. The summed E-state index contributed by atoms with van der Waals surface area (Å²) in [5.74, 6) is 0. The molecule has 0 saturated carbocycles. The fourth-order valence-corrected chi connectivity index (χ4v) is 2.11. The molecule has 2 aromatic heterocycles. The third kappa shape index (κ3) is 1.95. The molecule has 0 bridgehead atoms. The molecule has 0 amide bonds. The van der Waals surface area contributed by atoms with Crippen molar-refractivity contribution in [2.45, 2.75) is 6.10 Å². The van der Waals surface area contributed by atoms with Crippen LogP contribution in [0.4, 0.5) is 0 Å². The Morgan fingerprint density at radius 3 is 2.86 bits per heavy atom. The summed E-state index contributed by atoms with van der Waals surface area (Å²) in [6.45, 7) is 0. The second-order valence-corrected chi connectivity index (χ2v) is 4.42. The van der Waals surface area contributed by atoms with E-state index in [1.165, 1.54) is 11.3 Å². The highest BCUT2D eigenvalue weighted by Gasteiger charge is 2.11. The van der Waals surface area contributed by atoms with Crippen LogP contribution in [0.3, 0.4) is 0 Å². The molecule has 0 aliphatic carbocycles. The van der Waals surface area contributed by atoms with Crippen molar-refractivity contribution >= 4 is 22.9 Å². The van der Waals surface area contributed by atoms with Gasteiger partial charge in [0.15, 0.2) is 0 Å². The molecule has 2 rings (SSSR count). The molecule has 2 nitrogen and oxygen atoms in total. The van der Waals surface area contributed by atoms with Crippen LogP contribution in [0, 0.1) is 0 Å². The lowest BCUT2D eigenvalue weighted by atomic mass is 10.1. The van der Waals surface area contributed by atoms with Crippen LogP contribution in [0.5, 0.6) is 0 Å². The molecule has 1 atom stereocenters. The molecule has 0 spiro atoms. The molecule has 2 aromatic rings. The van der Waals surface area contributed by atoms with Gasteiger partial charge in [0.1, 0.15) is 6.10 Å². The maximum atomic E-state index is 9.91. The summed E-state index contributed by atoms with van der Waals surface area (Å²) in [4.78, 5) is 3.95. The van der Waals surface area contributed by atoms with Crippen LogP contribution in [0.1, 0.15) is 17.2 Å². The largest absolute Gasteiger partial charge is 0.384 e. The van der Waals surface area contributed by atoms with Gasteiger partial charge < -0.3 is 5.11 Å². The summed E-state index contributed by atoms with van der Waals surface area (Å²) in [6.07, 6.45) is 2.69. The van der Waals surface area contributed by atoms with E-state index in [0.717, 1.165) is 11.1 Å². The van der Waals surface area contributed by atoms with Crippen LogP contribution in [0.15, 0.2) is 36.0 Å². The van der Waals surface area contributed by atoms with Crippen molar-refractivity contribution in [1.82, 2.24) is 4.98 Å². The first-order valence-electron chi connectivity index (χ1n) is 4.09. The third-order valence-electron chi connectivity index (χ3n) is 1.90. The van der Waals surface area contributed by atoms with Crippen molar-refractivity contribution in [3.63, 3.8) is 0 Å². The first-order chi connectivity index (χ1) is 6.77. The monoisotopic (exact) mass is 225 g/mol. The van der Waals surface area contributed by atoms with Gasteiger partial charge in [-0.2, -0.15) is 0 Å². The number of aliphatic hydroxyl groups excluding tert-OH is 1. The summed E-state index contributed by atoms with van der Waals surface area (Å²) in [5, 5.41) is 11.8. The lowest BCUT2D eigenvalue weighted by Crippen LogP contribution is -1.97. The molecule has 2 heterocycles. The van der Waals surface area contributed by atoms with Crippen molar-refractivity contribution in [1.29, 1.82) is 0 Å². The second kappa shape index (κ2) is 4.09. The summed E-state index contributed by atoms with van der Waals surface area (Å²) in [5.41, 5.74) is 1.59. The zero-order valence-corrected chi connectivity index (χ0v) is 8.79. The molecule has 72 valence electrons. The van der Waals surface area contributed by atoms with Crippen LogP contribution < -0.4 is 0 Å². The van der Waals surface area contributed by atoms with E-state index in [-0.39, 0.29) is 0 Å². The van der Waals surface area contributed by atoms with Crippen molar-refractivity contribution in [3.8, 4) is 0 Å². The van der Waals surface area contributed by atoms with Gasteiger partial charge in [-0.1, -0.05) is 17.7 Å². The molecule has 0 aromatic carbocycles. The fraction of sp³-hybridized carbons (Fsp3) is 0.100. The predicted molar refractivity (Wildman–Crippen MR) is 57.6 cm³/mol. The highest BCUT2D eigenvalue weighted by Crippen LogP contribution is 2.28.